The fourth-order valence-electron chi connectivity index (χ4n) is 1.99. The number of cyclic esters (lactones) is 2. The van der Waals surface area contributed by atoms with E-state index in [4.69, 9.17) is 0 Å². The Labute approximate surface area is 76.8 Å². The van der Waals surface area contributed by atoms with Crippen molar-refractivity contribution in [2.24, 2.45) is 11.8 Å². The van der Waals surface area contributed by atoms with Crippen LogP contribution in [0.15, 0.2) is 12.2 Å². The molecule has 0 aromatic rings. The molecule has 0 aromatic heterocycles. The molecule has 0 N–H and O–H groups in total. The van der Waals surface area contributed by atoms with Crippen molar-refractivity contribution >= 4 is 11.9 Å². The van der Waals surface area contributed by atoms with Crippen LogP contribution in [0.1, 0.15) is 25.7 Å². The Balaban J connectivity index is 2.07. The first-order valence-corrected chi connectivity index (χ1v) is 4.68. The Morgan fingerprint density at radius 2 is 2.23 bits per heavy atom. The van der Waals surface area contributed by atoms with E-state index in [0.717, 1.165) is 19.3 Å². The van der Waals surface area contributed by atoms with Crippen LogP contribution in [-0.4, -0.2) is 11.9 Å². The van der Waals surface area contributed by atoms with Crippen LogP contribution in [0.2, 0.25) is 0 Å². The minimum absolute atomic E-state index is 0.205. The third kappa shape index (κ3) is 1.64. The third-order valence-corrected chi connectivity index (χ3v) is 2.71. The highest BCUT2D eigenvalue weighted by Gasteiger charge is 2.38. The van der Waals surface area contributed by atoms with Crippen LogP contribution in [-0.2, 0) is 14.3 Å². The average molecular weight is 180 g/mol. The minimum atomic E-state index is -0.367. The molecule has 0 spiro atoms. The molecule has 0 bridgehead atoms. The van der Waals surface area contributed by atoms with Gasteiger partial charge in [-0.2, -0.15) is 0 Å². The van der Waals surface area contributed by atoms with Crippen molar-refractivity contribution in [3.63, 3.8) is 0 Å². The monoisotopic (exact) mass is 180 g/mol. The van der Waals surface area contributed by atoms with E-state index in [-0.39, 0.29) is 30.2 Å². The summed E-state index contributed by atoms with van der Waals surface area (Å²) in [5.74, 6) is -0.674. The zero-order valence-electron chi connectivity index (χ0n) is 7.36. The summed E-state index contributed by atoms with van der Waals surface area (Å²) in [6.07, 6.45) is 7.61. The molecule has 0 amide bonds. The van der Waals surface area contributed by atoms with Crippen molar-refractivity contribution in [2.45, 2.75) is 25.7 Å². The predicted octanol–water partition coefficient (Wildman–Crippen LogP) is 1.43. The number of ether oxygens (including phenoxy) is 1. The lowest BCUT2D eigenvalue weighted by atomic mass is 9.84. The van der Waals surface area contributed by atoms with E-state index in [1.807, 2.05) is 6.08 Å². The van der Waals surface area contributed by atoms with Gasteiger partial charge in [0.15, 0.2) is 0 Å². The van der Waals surface area contributed by atoms with E-state index in [0.29, 0.717) is 0 Å². The van der Waals surface area contributed by atoms with Gasteiger partial charge in [-0.25, -0.2) is 0 Å². The second-order valence-corrected chi connectivity index (χ2v) is 3.63. The molecule has 0 saturated carbocycles. The lowest BCUT2D eigenvalue weighted by Gasteiger charge is -2.18. The summed E-state index contributed by atoms with van der Waals surface area (Å²) in [7, 11) is 0. The highest BCUT2D eigenvalue weighted by Crippen LogP contribution is 2.31. The van der Waals surface area contributed by atoms with Gasteiger partial charge in [0.2, 0.25) is 0 Å². The van der Waals surface area contributed by atoms with Gasteiger partial charge in [-0.15, -0.1) is 0 Å². The number of carbonyl (C=O) groups excluding carboxylic acids is 2. The molecule has 1 aliphatic heterocycles. The lowest BCUT2D eigenvalue weighted by molar-refractivity contribution is -0.153. The van der Waals surface area contributed by atoms with Gasteiger partial charge in [0, 0.05) is 0 Å². The van der Waals surface area contributed by atoms with Gasteiger partial charge in [0.25, 0.3) is 0 Å². The average Bonchev–Trinajstić information content (AvgIpc) is 2.47. The van der Waals surface area contributed by atoms with E-state index in [2.05, 4.69) is 10.8 Å². The number of hydrogen-bond acceptors (Lipinski definition) is 3. The summed E-state index contributed by atoms with van der Waals surface area (Å²) in [5, 5.41) is 0. The Morgan fingerprint density at radius 3 is 2.77 bits per heavy atom. The van der Waals surface area contributed by atoms with Crippen LogP contribution in [0.5, 0.6) is 0 Å². The summed E-state index contributed by atoms with van der Waals surface area (Å²) < 4.78 is 4.52. The molecule has 2 atom stereocenters. The zero-order valence-corrected chi connectivity index (χ0v) is 7.36. The van der Waals surface area contributed by atoms with Gasteiger partial charge in [-0.1, -0.05) is 12.2 Å². The van der Waals surface area contributed by atoms with Gasteiger partial charge >= 0.3 is 11.9 Å². The molecule has 1 aliphatic carbocycles. The smallest absolute Gasteiger partial charge is 0.317 e. The summed E-state index contributed by atoms with van der Waals surface area (Å²) >= 11 is 0. The SMILES string of the molecule is O=C1CC(C2C=CCCC2)C(=O)O1. The van der Waals surface area contributed by atoms with Crippen molar-refractivity contribution in [1.82, 2.24) is 0 Å². The molecule has 0 radical (unpaired) electrons. The minimum Gasteiger partial charge on any atom is -0.393 e. The maximum absolute atomic E-state index is 11.2. The fraction of sp³-hybridized carbons (Fsp3) is 0.600. The summed E-state index contributed by atoms with van der Waals surface area (Å²) in [6, 6.07) is 0. The predicted molar refractivity (Wildman–Crippen MR) is 45.7 cm³/mol. The Morgan fingerprint density at radius 1 is 1.38 bits per heavy atom. The topological polar surface area (TPSA) is 43.4 Å². The molecule has 1 fully saturated rings. The fourth-order valence-corrected chi connectivity index (χ4v) is 1.99. The standard InChI is InChI=1S/C10H12O3/c11-9-6-8(10(12)13-9)7-4-2-1-3-5-7/h2,4,7-8H,1,3,5-6H2. The summed E-state index contributed by atoms with van der Waals surface area (Å²) in [5.41, 5.74) is 0. The van der Waals surface area contributed by atoms with Crippen molar-refractivity contribution in [3.05, 3.63) is 12.2 Å². The van der Waals surface area contributed by atoms with Gasteiger partial charge in [-0.3, -0.25) is 9.59 Å². The third-order valence-electron chi connectivity index (χ3n) is 2.71. The second-order valence-electron chi connectivity index (χ2n) is 3.63. The maximum Gasteiger partial charge on any atom is 0.317 e. The van der Waals surface area contributed by atoms with Crippen molar-refractivity contribution in [3.8, 4) is 0 Å². The molecule has 3 nitrogen and oxygen atoms in total. The lowest BCUT2D eigenvalue weighted by Crippen LogP contribution is -2.19. The number of rotatable bonds is 1. The number of esters is 2. The zero-order chi connectivity index (χ0) is 9.26. The largest absolute Gasteiger partial charge is 0.393 e. The number of hydrogen-bond donors (Lipinski definition) is 0. The van der Waals surface area contributed by atoms with E-state index >= 15 is 0 Å². The molecule has 13 heavy (non-hydrogen) atoms. The molecular weight excluding hydrogens is 168 g/mol. The maximum atomic E-state index is 11.2. The first-order chi connectivity index (χ1) is 6.27. The molecule has 2 unspecified atom stereocenters. The van der Waals surface area contributed by atoms with E-state index in [9.17, 15) is 9.59 Å². The molecule has 2 aliphatic rings. The van der Waals surface area contributed by atoms with Crippen molar-refractivity contribution < 1.29 is 14.3 Å². The van der Waals surface area contributed by atoms with Gasteiger partial charge < -0.3 is 4.74 Å². The normalized spacial score (nSPS) is 33.5. The molecule has 2 rings (SSSR count). The van der Waals surface area contributed by atoms with Crippen molar-refractivity contribution in [2.75, 3.05) is 0 Å². The second kappa shape index (κ2) is 3.32. The Bertz CT molecular complexity index is 267. The Hall–Kier alpha value is -1.12. The van der Waals surface area contributed by atoms with Crippen LogP contribution in [0.25, 0.3) is 0 Å². The quantitative estimate of drug-likeness (QED) is 0.348. The summed E-state index contributed by atoms with van der Waals surface area (Å²) in [6.45, 7) is 0. The van der Waals surface area contributed by atoms with Crippen molar-refractivity contribution in [1.29, 1.82) is 0 Å². The van der Waals surface area contributed by atoms with Crippen LogP contribution in [0.3, 0.4) is 0 Å². The Kier molecular flexibility index (Phi) is 2.17. The number of allylic oxidation sites excluding steroid dienone is 2. The molecule has 3 heteroatoms. The van der Waals surface area contributed by atoms with E-state index in [1.165, 1.54) is 0 Å². The number of carbonyl (C=O) groups is 2. The van der Waals surface area contributed by atoms with Crippen LogP contribution < -0.4 is 0 Å². The van der Waals surface area contributed by atoms with Crippen LogP contribution in [0.4, 0.5) is 0 Å². The van der Waals surface area contributed by atoms with Gasteiger partial charge in [-0.05, 0) is 25.2 Å². The van der Waals surface area contributed by atoms with E-state index in [1.54, 1.807) is 0 Å². The highest BCUT2D eigenvalue weighted by molar-refractivity contribution is 5.94. The summed E-state index contributed by atoms with van der Waals surface area (Å²) in [4.78, 5) is 22.0. The van der Waals surface area contributed by atoms with Crippen LogP contribution >= 0.6 is 0 Å². The molecule has 70 valence electrons. The first-order valence-electron chi connectivity index (χ1n) is 4.68. The van der Waals surface area contributed by atoms with Gasteiger partial charge in [0.05, 0.1) is 12.3 Å². The van der Waals surface area contributed by atoms with Gasteiger partial charge in [0.1, 0.15) is 0 Å². The molecular formula is C10H12O3. The highest BCUT2D eigenvalue weighted by atomic mass is 16.6. The molecule has 1 saturated heterocycles. The first kappa shape index (κ1) is 8.48. The molecule has 0 aromatic carbocycles. The molecule has 1 heterocycles. The van der Waals surface area contributed by atoms with Crippen LogP contribution in [0, 0.1) is 11.8 Å². The van der Waals surface area contributed by atoms with E-state index < -0.39 is 0 Å².